The first-order chi connectivity index (χ1) is 9.98. The van der Waals surface area contributed by atoms with Gasteiger partial charge in [-0.15, -0.1) is 11.6 Å². The first-order valence-electron chi connectivity index (χ1n) is 7.64. The first-order valence-corrected chi connectivity index (χ1v) is 9.62. The molecule has 1 aliphatic rings. The Kier molecular flexibility index (Phi) is 5.69. The summed E-state index contributed by atoms with van der Waals surface area (Å²) in [5, 5.41) is 0. The van der Waals surface area contributed by atoms with Crippen molar-refractivity contribution in [1.82, 2.24) is 4.31 Å². The summed E-state index contributed by atoms with van der Waals surface area (Å²) in [6, 6.07) is 5.26. The summed E-state index contributed by atoms with van der Waals surface area (Å²) in [5.41, 5.74) is 1.92. The molecule has 1 heterocycles. The summed E-state index contributed by atoms with van der Waals surface area (Å²) in [7, 11) is -3.39. The molecule has 0 bridgehead atoms. The topological polar surface area (TPSA) is 37.4 Å². The number of benzene rings is 1. The minimum Gasteiger partial charge on any atom is -0.207 e. The Labute approximate surface area is 133 Å². The van der Waals surface area contributed by atoms with E-state index in [1.165, 1.54) is 0 Å². The maximum absolute atomic E-state index is 12.8. The van der Waals surface area contributed by atoms with E-state index in [4.69, 9.17) is 11.6 Å². The lowest BCUT2D eigenvalue weighted by Crippen LogP contribution is -2.32. The van der Waals surface area contributed by atoms with Crippen LogP contribution in [-0.2, 0) is 15.9 Å². The Bertz CT molecular complexity index is 586. The average Bonchev–Trinajstić information content (AvgIpc) is 2.73. The Morgan fingerprint density at radius 1 is 1.29 bits per heavy atom. The van der Waals surface area contributed by atoms with E-state index in [0.29, 0.717) is 29.8 Å². The quantitative estimate of drug-likeness (QED) is 0.785. The molecule has 0 radical (unpaired) electrons. The molecule has 0 saturated carbocycles. The van der Waals surface area contributed by atoms with Crippen molar-refractivity contribution < 1.29 is 8.42 Å². The zero-order chi connectivity index (χ0) is 15.5. The van der Waals surface area contributed by atoms with Crippen molar-refractivity contribution in [1.29, 1.82) is 0 Å². The van der Waals surface area contributed by atoms with Gasteiger partial charge in [-0.1, -0.05) is 19.4 Å². The van der Waals surface area contributed by atoms with Gasteiger partial charge in [0.2, 0.25) is 10.0 Å². The fourth-order valence-electron chi connectivity index (χ4n) is 2.89. The van der Waals surface area contributed by atoms with Crippen LogP contribution in [0.5, 0.6) is 0 Å². The van der Waals surface area contributed by atoms with E-state index in [-0.39, 0.29) is 0 Å². The zero-order valence-corrected chi connectivity index (χ0v) is 14.4. The third kappa shape index (κ3) is 3.79. The number of rotatable bonds is 4. The molecule has 1 fully saturated rings. The van der Waals surface area contributed by atoms with Crippen molar-refractivity contribution in [3.05, 3.63) is 29.3 Å². The highest BCUT2D eigenvalue weighted by molar-refractivity contribution is 7.89. The molecule has 0 aliphatic carbocycles. The van der Waals surface area contributed by atoms with E-state index in [9.17, 15) is 8.42 Å². The second kappa shape index (κ2) is 7.12. The van der Waals surface area contributed by atoms with E-state index in [1.54, 1.807) is 16.4 Å². The summed E-state index contributed by atoms with van der Waals surface area (Å²) in [6.07, 6.45) is 4.17. The summed E-state index contributed by atoms with van der Waals surface area (Å²) in [6.45, 7) is 5.39. The van der Waals surface area contributed by atoms with Crippen molar-refractivity contribution >= 4 is 21.6 Å². The van der Waals surface area contributed by atoms with E-state index >= 15 is 0 Å². The molecule has 21 heavy (non-hydrogen) atoms. The standard InChI is InChI=1S/C16H24ClNO2S/c1-3-14-5-4-9-18(10-8-14)21(19,20)16-7-6-13(2)15(11-16)12-17/h6-7,11,14H,3-5,8-10,12H2,1-2H3. The predicted molar refractivity (Wildman–Crippen MR) is 87.1 cm³/mol. The Morgan fingerprint density at radius 2 is 2.05 bits per heavy atom. The SMILES string of the molecule is CCC1CCCN(S(=O)(=O)c2ccc(C)c(CCl)c2)CC1. The van der Waals surface area contributed by atoms with Gasteiger partial charge in [-0.3, -0.25) is 0 Å². The van der Waals surface area contributed by atoms with Crippen LogP contribution in [0.1, 0.15) is 43.7 Å². The normalized spacial score (nSPS) is 21.2. The van der Waals surface area contributed by atoms with Crippen LogP contribution < -0.4 is 0 Å². The van der Waals surface area contributed by atoms with Crippen LogP contribution in [0.25, 0.3) is 0 Å². The summed E-state index contributed by atoms with van der Waals surface area (Å²) in [4.78, 5) is 0.374. The monoisotopic (exact) mass is 329 g/mol. The molecular formula is C16H24ClNO2S. The van der Waals surface area contributed by atoms with Crippen molar-refractivity contribution in [2.24, 2.45) is 5.92 Å². The van der Waals surface area contributed by atoms with Gasteiger partial charge in [-0.2, -0.15) is 4.31 Å². The van der Waals surface area contributed by atoms with Crippen LogP contribution in [-0.4, -0.2) is 25.8 Å². The van der Waals surface area contributed by atoms with Gasteiger partial charge >= 0.3 is 0 Å². The van der Waals surface area contributed by atoms with Crippen molar-refractivity contribution in [2.75, 3.05) is 13.1 Å². The number of hydrogen-bond acceptors (Lipinski definition) is 2. The average molecular weight is 330 g/mol. The van der Waals surface area contributed by atoms with E-state index in [1.807, 2.05) is 13.0 Å². The minimum atomic E-state index is -3.39. The molecule has 1 saturated heterocycles. The fraction of sp³-hybridized carbons (Fsp3) is 0.625. The van der Waals surface area contributed by atoms with Gasteiger partial charge < -0.3 is 0 Å². The van der Waals surface area contributed by atoms with Crippen LogP contribution in [0.4, 0.5) is 0 Å². The molecule has 0 N–H and O–H groups in total. The van der Waals surface area contributed by atoms with Gasteiger partial charge in [0, 0.05) is 19.0 Å². The van der Waals surface area contributed by atoms with Crippen molar-refractivity contribution in [3.8, 4) is 0 Å². The van der Waals surface area contributed by atoms with Gasteiger partial charge in [0.15, 0.2) is 0 Å². The second-order valence-electron chi connectivity index (χ2n) is 5.83. The lowest BCUT2D eigenvalue weighted by molar-refractivity contribution is 0.407. The molecule has 3 nitrogen and oxygen atoms in total. The molecule has 0 spiro atoms. The minimum absolute atomic E-state index is 0.340. The van der Waals surface area contributed by atoms with Crippen LogP contribution in [0.2, 0.25) is 0 Å². The van der Waals surface area contributed by atoms with Gasteiger partial charge in [0.25, 0.3) is 0 Å². The highest BCUT2D eigenvalue weighted by atomic mass is 35.5. The van der Waals surface area contributed by atoms with Gasteiger partial charge in [0.1, 0.15) is 0 Å². The molecule has 0 aromatic heterocycles. The number of halogens is 1. The van der Waals surface area contributed by atoms with Gasteiger partial charge in [0.05, 0.1) is 4.90 Å². The maximum atomic E-state index is 12.8. The molecule has 0 amide bonds. The lowest BCUT2D eigenvalue weighted by atomic mass is 9.98. The largest absolute Gasteiger partial charge is 0.243 e. The first kappa shape index (κ1) is 16.8. The molecule has 5 heteroatoms. The summed E-state index contributed by atoms with van der Waals surface area (Å²) < 4.78 is 27.2. The third-order valence-electron chi connectivity index (χ3n) is 4.49. The van der Waals surface area contributed by atoms with Crippen LogP contribution >= 0.6 is 11.6 Å². The summed E-state index contributed by atoms with van der Waals surface area (Å²) in [5.74, 6) is 0.995. The van der Waals surface area contributed by atoms with Crippen LogP contribution in [0.15, 0.2) is 23.1 Å². The maximum Gasteiger partial charge on any atom is 0.243 e. The molecule has 1 aromatic rings. The Hall–Kier alpha value is -0.580. The number of nitrogens with zero attached hydrogens (tertiary/aromatic N) is 1. The number of aryl methyl sites for hydroxylation is 1. The van der Waals surface area contributed by atoms with Gasteiger partial charge in [-0.25, -0.2) is 8.42 Å². The number of alkyl halides is 1. The molecule has 1 aliphatic heterocycles. The van der Waals surface area contributed by atoms with E-state index < -0.39 is 10.0 Å². The van der Waals surface area contributed by atoms with E-state index in [0.717, 1.165) is 36.8 Å². The van der Waals surface area contributed by atoms with Crippen molar-refractivity contribution in [2.45, 2.75) is 50.3 Å². The van der Waals surface area contributed by atoms with Crippen LogP contribution in [0, 0.1) is 12.8 Å². The molecule has 118 valence electrons. The fourth-order valence-corrected chi connectivity index (χ4v) is 4.72. The molecule has 1 atom stereocenters. The summed E-state index contributed by atoms with van der Waals surface area (Å²) >= 11 is 5.90. The second-order valence-corrected chi connectivity index (χ2v) is 8.04. The Morgan fingerprint density at radius 3 is 2.71 bits per heavy atom. The highest BCUT2D eigenvalue weighted by Crippen LogP contribution is 2.26. The lowest BCUT2D eigenvalue weighted by Gasteiger charge is -2.21. The highest BCUT2D eigenvalue weighted by Gasteiger charge is 2.27. The Balaban J connectivity index is 2.25. The third-order valence-corrected chi connectivity index (χ3v) is 6.67. The zero-order valence-electron chi connectivity index (χ0n) is 12.8. The molecule has 1 unspecified atom stereocenters. The molecule has 2 rings (SSSR count). The van der Waals surface area contributed by atoms with E-state index in [2.05, 4.69) is 6.92 Å². The smallest absolute Gasteiger partial charge is 0.207 e. The molecule has 1 aromatic carbocycles. The number of sulfonamides is 1. The number of hydrogen-bond donors (Lipinski definition) is 0. The molecular weight excluding hydrogens is 306 g/mol. The van der Waals surface area contributed by atoms with Crippen molar-refractivity contribution in [3.63, 3.8) is 0 Å². The van der Waals surface area contributed by atoms with Gasteiger partial charge in [-0.05, 0) is 55.4 Å². The predicted octanol–water partition coefficient (Wildman–Crippen LogP) is 3.93. The van der Waals surface area contributed by atoms with Crippen LogP contribution in [0.3, 0.4) is 0 Å².